The Balaban J connectivity index is 1.75. The van der Waals surface area contributed by atoms with Gasteiger partial charge in [-0.15, -0.1) is 0 Å². The number of hydrogen-bond donors (Lipinski definition) is 1. The van der Waals surface area contributed by atoms with Crippen LogP contribution >= 0.6 is 0 Å². The quantitative estimate of drug-likeness (QED) is 0.713. The van der Waals surface area contributed by atoms with E-state index in [4.69, 9.17) is 0 Å². The van der Waals surface area contributed by atoms with Gasteiger partial charge in [-0.1, -0.05) is 32.4 Å². The summed E-state index contributed by atoms with van der Waals surface area (Å²) in [7, 11) is 0. The van der Waals surface area contributed by atoms with Crippen LogP contribution in [-0.2, 0) is 0 Å². The first-order valence-corrected chi connectivity index (χ1v) is 8.13. The maximum atomic E-state index is 10.1. The number of rotatable bonds is 7. The van der Waals surface area contributed by atoms with Crippen LogP contribution in [0.5, 0.6) is 0 Å². The Bertz CT molecular complexity index is 314. The van der Waals surface area contributed by atoms with Crippen LogP contribution in [0, 0.1) is 17.3 Å². The van der Waals surface area contributed by atoms with Gasteiger partial charge in [0.05, 0.1) is 6.10 Å². The SMILES string of the molecule is C/C=C\CCC(O)CN1CCC2[C@H](CCC)[C@@]2(C)C1. The number of piperidine rings is 1. The molecule has 0 spiro atoms. The second-order valence-corrected chi connectivity index (χ2v) is 6.83. The topological polar surface area (TPSA) is 23.5 Å². The zero-order valence-electron chi connectivity index (χ0n) is 12.9. The lowest BCUT2D eigenvalue weighted by Gasteiger charge is -2.32. The summed E-state index contributed by atoms with van der Waals surface area (Å²) in [6.07, 6.45) is 10.0. The van der Waals surface area contributed by atoms with Crippen molar-refractivity contribution < 1.29 is 5.11 Å². The van der Waals surface area contributed by atoms with Crippen LogP contribution in [0.15, 0.2) is 12.2 Å². The van der Waals surface area contributed by atoms with Crippen LogP contribution in [0.1, 0.15) is 52.9 Å². The molecule has 2 rings (SSSR count). The molecule has 0 aromatic carbocycles. The summed E-state index contributed by atoms with van der Waals surface area (Å²) < 4.78 is 0. The molecule has 2 fully saturated rings. The van der Waals surface area contributed by atoms with E-state index in [-0.39, 0.29) is 6.10 Å². The fourth-order valence-corrected chi connectivity index (χ4v) is 4.25. The van der Waals surface area contributed by atoms with Crippen LogP contribution in [0.4, 0.5) is 0 Å². The van der Waals surface area contributed by atoms with Gasteiger partial charge in [0.2, 0.25) is 0 Å². The van der Waals surface area contributed by atoms with Crippen LogP contribution in [0.2, 0.25) is 0 Å². The van der Waals surface area contributed by atoms with Crippen molar-refractivity contribution in [3.8, 4) is 0 Å². The molecular weight excluding hydrogens is 234 g/mol. The third-order valence-electron chi connectivity index (χ3n) is 5.36. The Kier molecular flexibility index (Phi) is 5.08. The van der Waals surface area contributed by atoms with E-state index in [2.05, 4.69) is 30.9 Å². The van der Waals surface area contributed by atoms with Gasteiger partial charge in [-0.3, -0.25) is 0 Å². The molecule has 2 aliphatic rings. The van der Waals surface area contributed by atoms with Crippen molar-refractivity contribution in [3.63, 3.8) is 0 Å². The van der Waals surface area contributed by atoms with Gasteiger partial charge in [0, 0.05) is 13.1 Å². The summed E-state index contributed by atoms with van der Waals surface area (Å²) in [6.45, 7) is 10.1. The number of aliphatic hydroxyl groups is 1. The maximum Gasteiger partial charge on any atom is 0.0670 e. The highest BCUT2D eigenvalue weighted by molar-refractivity contribution is 5.11. The fourth-order valence-electron chi connectivity index (χ4n) is 4.25. The first-order chi connectivity index (χ1) is 9.11. The molecular formula is C17H31NO. The summed E-state index contributed by atoms with van der Waals surface area (Å²) in [5, 5.41) is 10.1. The van der Waals surface area contributed by atoms with Crippen LogP contribution in [0.25, 0.3) is 0 Å². The van der Waals surface area contributed by atoms with E-state index in [1.165, 1.54) is 32.4 Å². The van der Waals surface area contributed by atoms with E-state index in [1.807, 2.05) is 6.92 Å². The lowest BCUT2D eigenvalue weighted by atomic mass is 9.98. The molecule has 0 amide bonds. The molecule has 1 heterocycles. The predicted octanol–water partition coefficient (Wildman–Crippen LogP) is 3.46. The van der Waals surface area contributed by atoms with E-state index in [9.17, 15) is 5.11 Å². The predicted molar refractivity (Wildman–Crippen MR) is 81.1 cm³/mol. The molecule has 1 N–H and O–H groups in total. The minimum atomic E-state index is -0.153. The van der Waals surface area contributed by atoms with Crippen molar-refractivity contribution in [3.05, 3.63) is 12.2 Å². The number of likely N-dealkylation sites (tertiary alicyclic amines) is 1. The molecule has 2 unspecified atom stereocenters. The highest BCUT2D eigenvalue weighted by atomic mass is 16.3. The Morgan fingerprint density at radius 1 is 1.47 bits per heavy atom. The molecule has 1 aliphatic heterocycles. The Morgan fingerprint density at radius 2 is 2.26 bits per heavy atom. The second kappa shape index (κ2) is 6.41. The Morgan fingerprint density at radius 3 is 2.95 bits per heavy atom. The molecule has 2 heteroatoms. The van der Waals surface area contributed by atoms with E-state index >= 15 is 0 Å². The average molecular weight is 265 g/mol. The van der Waals surface area contributed by atoms with Gasteiger partial charge in [-0.25, -0.2) is 0 Å². The molecule has 110 valence electrons. The smallest absolute Gasteiger partial charge is 0.0670 e. The number of hydrogen-bond acceptors (Lipinski definition) is 2. The minimum Gasteiger partial charge on any atom is -0.392 e. The lowest BCUT2D eigenvalue weighted by Crippen LogP contribution is -2.40. The molecule has 0 bridgehead atoms. The molecule has 4 atom stereocenters. The zero-order valence-corrected chi connectivity index (χ0v) is 12.9. The number of allylic oxidation sites excluding steroid dienone is 2. The first kappa shape index (κ1) is 15.1. The molecule has 0 radical (unpaired) electrons. The van der Waals surface area contributed by atoms with Gasteiger partial charge >= 0.3 is 0 Å². The molecule has 2 nitrogen and oxygen atoms in total. The van der Waals surface area contributed by atoms with Crippen molar-refractivity contribution in [2.45, 2.75) is 59.0 Å². The van der Waals surface area contributed by atoms with Gasteiger partial charge in [0.15, 0.2) is 0 Å². The van der Waals surface area contributed by atoms with Gasteiger partial charge < -0.3 is 10.0 Å². The third-order valence-corrected chi connectivity index (χ3v) is 5.36. The molecule has 1 aliphatic carbocycles. The zero-order chi connectivity index (χ0) is 13.9. The van der Waals surface area contributed by atoms with Crippen molar-refractivity contribution in [1.82, 2.24) is 4.90 Å². The third kappa shape index (κ3) is 3.41. The Labute approximate surface area is 118 Å². The Hall–Kier alpha value is -0.340. The van der Waals surface area contributed by atoms with Crippen molar-refractivity contribution in [1.29, 1.82) is 0 Å². The van der Waals surface area contributed by atoms with Crippen LogP contribution in [0.3, 0.4) is 0 Å². The molecule has 19 heavy (non-hydrogen) atoms. The van der Waals surface area contributed by atoms with E-state index in [0.29, 0.717) is 5.41 Å². The summed E-state index contributed by atoms with van der Waals surface area (Å²) in [5.74, 6) is 1.94. The summed E-state index contributed by atoms with van der Waals surface area (Å²) >= 11 is 0. The first-order valence-electron chi connectivity index (χ1n) is 8.13. The van der Waals surface area contributed by atoms with Gasteiger partial charge in [0.1, 0.15) is 0 Å². The molecule has 1 saturated heterocycles. The highest BCUT2D eigenvalue weighted by Gasteiger charge is 2.61. The van der Waals surface area contributed by atoms with Gasteiger partial charge in [-0.05, 0) is 56.4 Å². The summed E-state index contributed by atoms with van der Waals surface area (Å²) in [6, 6.07) is 0. The van der Waals surface area contributed by atoms with Crippen LogP contribution < -0.4 is 0 Å². The van der Waals surface area contributed by atoms with Crippen molar-refractivity contribution in [2.24, 2.45) is 17.3 Å². The largest absolute Gasteiger partial charge is 0.392 e. The number of nitrogens with zero attached hydrogens (tertiary/aromatic N) is 1. The van der Waals surface area contributed by atoms with E-state index < -0.39 is 0 Å². The molecule has 0 aromatic rings. The number of fused-ring (bicyclic) bond motifs is 1. The van der Waals surface area contributed by atoms with E-state index in [0.717, 1.165) is 31.2 Å². The monoisotopic (exact) mass is 265 g/mol. The van der Waals surface area contributed by atoms with Crippen molar-refractivity contribution >= 4 is 0 Å². The number of β-amino-alcohol motifs (C(OH)–C–C–N with tert-alkyl or cyclic N) is 1. The fraction of sp³-hybridized carbons (Fsp3) is 0.882. The highest BCUT2D eigenvalue weighted by Crippen LogP contribution is 2.64. The minimum absolute atomic E-state index is 0.153. The molecule has 0 aromatic heterocycles. The van der Waals surface area contributed by atoms with Gasteiger partial charge in [0.25, 0.3) is 0 Å². The second-order valence-electron chi connectivity index (χ2n) is 6.83. The lowest BCUT2D eigenvalue weighted by molar-refractivity contribution is 0.0789. The van der Waals surface area contributed by atoms with Crippen molar-refractivity contribution in [2.75, 3.05) is 19.6 Å². The maximum absolute atomic E-state index is 10.1. The molecule has 1 saturated carbocycles. The van der Waals surface area contributed by atoms with Crippen LogP contribution in [-0.4, -0.2) is 35.7 Å². The summed E-state index contributed by atoms with van der Waals surface area (Å²) in [5.41, 5.74) is 0.567. The standard InChI is InChI=1S/C17H31NO/c1-4-6-7-9-14(19)12-18-11-10-16-15(8-5-2)17(16,3)13-18/h4,6,14-16,19H,5,7-13H2,1-3H3/b6-4-/t14?,15-,16?,17+/m0/s1. The van der Waals surface area contributed by atoms with E-state index in [1.54, 1.807) is 0 Å². The van der Waals surface area contributed by atoms with Gasteiger partial charge in [-0.2, -0.15) is 0 Å². The summed E-state index contributed by atoms with van der Waals surface area (Å²) in [4.78, 5) is 2.51. The number of aliphatic hydroxyl groups excluding tert-OH is 1. The normalized spacial score (nSPS) is 36.4. The average Bonchev–Trinajstić information content (AvgIpc) is 2.94.